The maximum atomic E-state index is 11.3. The van der Waals surface area contributed by atoms with Crippen molar-refractivity contribution in [3.05, 3.63) is 18.4 Å². The average Bonchev–Trinajstić information content (AvgIpc) is 3.06. The van der Waals surface area contributed by atoms with Crippen molar-refractivity contribution in [2.75, 3.05) is 17.2 Å². The van der Waals surface area contributed by atoms with Gasteiger partial charge in [0.1, 0.15) is 0 Å². The molecule has 0 aliphatic heterocycles. The van der Waals surface area contributed by atoms with Gasteiger partial charge < -0.3 is 9.73 Å². The zero-order chi connectivity index (χ0) is 14.8. The summed E-state index contributed by atoms with van der Waals surface area (Å²) in [5.74, 6) is 1.55. The lowest BCUT2D eigenvalue weighted by molar-refractivity contribution is -0.114. The van der Waals surface area contributed by atoms with E-state index in [4.69, 9.17) is 4.42 Å². The molecule has 0 aromatic carbocycles. The Bertz CT molecular complexity index is 778. The van der Waals surface area contributed by atoms with Crippen molar-refractivity contribution in [2.24, 2.45) is 0 Å². The summed E-state index contributed by atoms with van der Waals surface area (Å²) in [7, 11) is 0. The fraction of sp³-hybridized carbons (Fsp3) is 0.250. The van der Waals surface area contributed by atoms with Crippen LogP contribution in [-0.2, 0) is 4.79 Å². The molecule has 0 saturated heterocycles. The summed E-state index contributed by atoms with van der Waals surface area (Å²) in [6.45, 7) is 3.96. The van der Waals surface area contributed by atoms with Crippen LogP contribution in [0.3, 0.4) is 0 Å². The summed E-state index contributed by atoms with van der Waals surface area (Å²) in [5, 5.41) is 9.84. The highest BCUT2D eigenvalue weighted by atomic mass is 16.3. The molecule has 3 heterocycles. The Balaban J connectivity index is 2.14. The van der Waals surface area contributed by atoms with Gasteiger partial charge in [-0.25, -0.2) is 0 Å². The van der Waals surface area contributed by atoms with Crippen molar-refractivity contribution < 1.29 is 9.21 Å². The molecule has 0 saturated carbocycles. The second-order valence-corrected chi connectivity index (χ2v) is 4.21. The van der Waals surface area contributed by atoms with E-state index in [2.05, 4.69) is 30.7 Å². The van der Waals surface area contributed by atoms with Crippen LogP contribution in [0.2, 0.25) is 0 Å². The lowest BCUT2D eigenvalue weighted by Gasteiger charge is -2.06. The first-order valence-corrected chi connectivity index (χ1v) is 6.37. The van der Waals surface area contributed by atoms with Crippen molar-refractivity contribution >= 4 is 23.6 Å². The third-order valence-electron chi connectivity index (χ3n) is 2.57. The van der Waals surface area contributed by atoms with Crippen LogP contribution < -0.4 is 10.6 Å². The second kappa shape index (κ2) is 5.19. The molecule has 0 spiro atoms. The zero-order valence-electron chi connectivity index (χ0n) is 11.5. The Morgan fingerprint density at radius 1 is 1.38 bits per heavy atom. The highest BCUT2D eigenvalue weighted by molar-refractivity contribution is 5.87. The number of fused-ring (bicyclic) bond motifs is 1. The monoisotopic (exact) mass is 287 g/mol. The molecule has 3 aromatic rings. The number of rotatable bonds is 4. The molecule has 0 radical (unpaired) electrons. The number of anilines is 2. The summed E-state index contributed by atoms with van der Waals surface area (Å²) in [6, 6.07) is 3.48. The normalized spacial score (nSPS) is 10.8. The minimum absolute atomic E-state index is 0.244. The first-order valence-electron chi connectivity index (χ1n) is 6.37. The molecule has 9 heteroatoms. The Kier molecular flexibility index (Phi) is 3.22. The van der Waals surface area contributed by atoms with Gasteiger partial charge in [0, 0.05) is 13.5 Å². The molecule has 0 atom stereocenters. The van der Waals surface area contributed by atoms with Crippen LogP contribution in [0.15, 0.2) is 22.8 Å². The van der Waals surface area contributed by atoms with Crippen molar-refractivity contribution in [1.82, 2.24) is 24.6 Å². The molecule has 0 aliphatic rings. The van der Waals surface area contributed by atoms with Gasteiger partial charge in [0.05, 0.1) is 6.26 Å². The number of aromatic nitrogens is 5. The Morgan fingerprint density at radius 2 is 2.24 bits per heavy atom. The molecule has 0 fully saturated rings. The standard InChI is InChI=1S/C12H13N7O2/c1-3-13-10-16-11(14-7(2)20)19-12(17-10)15-9(18-19)8-5-4-6-21-8/h4-6H,3H2,1-2H3,(H2,13,14,15,16,17,18,20). The van der Waals surface area contributed by atoms with Crippen LogP contribution in [0.25, 0.3) is 17.4 Å². The van der Waals surface area contributed by atoms with E-state index in [0.29, 0.717) is 29.9 Å². The lowest BCUT2D eigenvalue weighted by Crippen LogP contribution is -2.15. The Morgan fingerprint density at radius 3 is 2.90 bits per heavy atom. The van der Waals surface area contributed by atoms with Gasteiger partial charge in [-0.05, 0) is 19.1 Å². The number of furan rings is 1. The third-order valence-corrected chi connectivity index (χ3v) is 2.57. The molecule has 3 rings (SSSR count). The number of nitrogens with zero attached hydrogens (tertiary/aromatic N) is 5. The summed E-state index contributed by atoms with van der Waals surface area (Å²) in [6.07, 6.45) is 1.53. The number of hydrogen-bond acceptors (Lipinski definition) is 7. The van der Waals surface area contributed by atoms with Crippen LogP contribution in [-0.4, -0.2) is 37.0 Å². The van der Waals surface area contributed by atoms with E-state index in [0.717, 1.165) is 0 Å². The number of carbonyl (C=O) groups excluding carboxylic acids is 1. The molecular formula is C12H13N7O2. The quantitative estimate of drug-likeness (QED) is 0.741. The second-order valence-electron chi connectivity index (χ2n) is 4.21. The summed E-state index contributed by atoms with van der Waals surface area (Å²) in [4.78, 5) is 24.0. The maximum absolute atomic E-state index is 11.3. The maximum Gasteiger partial charge on any atom is 0.259 e. The summed E-state index contributed by atoms with van der Waals surface area (Å²) < 4.78 is 6.62. The highest BCUT2D eigenvalue weighted by Gasteiger charge is 2.15. The molecule has 0 aliphatic carbocycles. The van der Waals surface area contributed by atoms with Crippen LogP contribution in [0.1, 0.15) is 13.8 Å². The molecule has 108 valence electrons. The molecule has 1 amide bonds. The molecule has 2 N–H and O–H groups in total. The molecule has 0 bridgehead atoms. The van der Waals surface area contributed by atoms with Crippen molar-refractivity contribution in [1.29, 1.82) is 0 Å². The van der Waals surface area contributed by atoms with Crippen molar-refractivity contribution in [3.8, 4) is 11.6 Å². The molecule has 0 unspecified atom stereocenters. The summed E-state index contributed by atoms with van der Waals surface area (Å²) >= 11 is 0. The van der Waals surface area contributed by atoms with Gasteiger partial charge in [0.25, 0.3) is 5.78 Å². The van der Waals surface area contributed by atoms with Crippen LogP contribution in [0, 0.1) is 0 Å². The molecule has 9 nitrogen and oxygen atoms in total. The van der Waals surface area contributed by atoms with E-state index in [1.807, 2.05) is 6.92 Å². The zero-order valence-corrected chi connectivity index (χ0v) is 11.5. The fourth-order valence-electron chi connectivity index (χ4n) is 1.77. The van der Waals surface area contributed by atoms with Crippen LogP contribution in [0.4, 0.5) is 11.9 Å². The van der Waals surface area contributed by atoms with E-state index in [1.165, 1.54) is 17.7 Å². The Labute approximate surface area is 119 Å². The smallest absolute Gasteiger partial charge is 0.259 e. The molecule has 21 heavy (non-hydrogen) atoms. The summed E-state index contributed by atoms with van der Waals surface area (Å²) in [5.41, 5.74) is 0. The number of carbonyl (C=O) groups is 1. The predicted molar refractivity (Wildman–Crippen MR) is 74.7 cm³/mol. The first kappa shape index (κ1) is 13.0. The van der Waals surface area contributed by atoms with Crippen LogP contribution in [0.5, 0.6) is 0 Å². The topological polar surface area (TPSA) is 110 Å². The average molecular weight is 287 g/mol. The van der Waals surface area contributed by atoms with Crippen LogP contribution >= 0.6 is 0 Å². The largest absolute Gasteiger partial charge is 0.461 e. The number of nitrogens with one attached hydrogen (secondary N) is 2. The van der Waals surface area contributed by atoms with E-state index < -0.39 is 0 Å². The molecular weight excluding hydrogens is 274 g/mol. The minimum Gasteiger partial charge on any atom is -0.461 e. The third kappa shape index (κ3) is 2.53. The molecule has 3 aromatic heterocycles. The number of amides is 1. The van der Waals surface area contributed by atoms with Gasteiger partial charge in [-0.2, -0.15) is 19.5 Å². The van der Waals surface area contributed by atoms with E-state index in [1.54, 1.807) is 12.1 Å². The van der Waals surface area contributed by atoms with Gasteiger partial charge in [0.15, 0.2) is 5.76 Å². The first-order chi connectivity index (χ1) is 10.2. The van der Waals surface area contributed by atoms with Gasteiger partial charge >= 0.3 is 0 Å². The van der Waals surface area contributed by atoms with E-state index >= 15 is 0 Å². The number of hydrogen-bond donors (Lipinski definition) is 2. The Hall–Kier alpha value is -2.97. The van der Waals surface area contributed by atoms with Gasteiger partial charge in [0.2, 0.25) is 23.6 Å². The van der Waals surface area contributed by atoms with E-state index in [-0.39, 0.29) is 11.9 Å². The van der Waals surface area contributed by atoms with Crippen molar-refractivity contribution in [3.63, 3.8) is 0 Å². The van der Waals surface area contributed by atoms with Gasteiger partial charge in [-0.3, -0.25) is 10.1 Å². The lowest BCUT2D eigenvalue weighted by atomic mass is 10.4. The van der Waals surface area contributed by atoms with Gasteiger partial charge in [-0.15, -0.1) is 5.10 Å². The minimum atomic E-state index is -0.257. The fourth-order valence-corrected chi connectivity index (χ4v) is 1.77. The van der Waals surface area contributed by atoms with E-state index in [9.17, 15) is 4.79 Å². The van der Waals surface area contributed by atoms with Gasteiger partial charge in [-0.1, -0.05) is 0 Å². The highest BCUT2D eigenvalue weighted by Crippen LogP contribution is 2.18. The SMILES string of the molecule is CCNc1nc(NC(C)=O)n2nc(-c3ccco3)nc2n1. The predicted octanol–water partition coefficient (Wildman–Crippen LogP) is 1.17. The van der Waals surface area contributed by atoms with Crippen molar-refractivity contribution in [2.45, 2.75) is 13.8 Å².